The van der Waals surface area contributed by atoms with E-state index in [1.54, 1.807) is 32.0 Å². The Morgan fingerprint density at radius 1 is 1.32 bits per heavy atom. The van der Waals surface area contributed by atoms with Gasteiger partial charge in [-0.15, -0.1) is 0 Å². The fraction of sp³-hybridized carbons (Fsp3) is 0.350. The van der Waals surface area contributed by atoms with Crippen LogP contribution in [0.1, 0.15) is 44.7 Å². The lowest BCUT2D eigenvalue weighted by molar-refractivity contribution is -0.139. The number of benzene rings is 1. The lowest BCUT2D eigenvalue weighted by Gasteiger charge is -2.30. The van der Waals surface area contributed by atoms with Crippen LogP contribution in [0.5, 0.6) is 5.75 Å². The quantitative estimate of drug-likeness (QED) is 0.263. The number of aliphatic hydroxyl groups is 1. The van der Waals surface area contributed by atoms with Crippen LogP contribution < -0.4 is 15.4 Å². The van der Waals surface area contributed by atoms with Crippen LogP contribution >= 0.6 is 12.2 Å². The predicted molar refractivity (Wildman–Crippen MR) is 109 cm³/mol. The van der Waals surface area contributed by atoms with Gasteiger partial charge in [-0.1, -0.05) is 18.7 Å². The molecule has 0 fully saturated rings. The van der Waals surface area contributed by atoms with Crippen molar-refractivity contribution < 1.29 is 24.2 Å². The number of nitrogens with one attached hydrogen (secondary N) is 2. The topological polar surface area (TPSA) is 96.9 Å². The highest BCUT2D eigenvalue weighted by Crippen LogP contribution is 2.29. The van der Waals surface area contributed by atoms with Crippen LogP contribution in [-0.4, -0.2) is 28.8 Å². The number of hydrogen-bond acceptors (Lipinski definition) is 6. The van der Waals surface area contributed by atoms with E-state index in [0.29, 0.717) is 40.5 Å². The lowest BCUT2D eigenvalue weighted by Crippen LogP contribution is -2.45. The zero-order valence-corrected chi connectivity index (χ0v) is 16.7. The Morgan fingerprint density at radius 3 is 2.75 bits per heavy atom. The normalized spacial score (nSPS) is 16.1. The molecule has 28 heavy (non-hydrogen) atoms. The molecule has 0 amide bonds. The van der Waals surface area contributed by atoms with E-state index in [2.05, 4.69) is 17.2 Å². The maximum absolute atomic E-state index is 12.4. The van der Waals surface area contributed by atoms with E-state index in [4.69, 9.17) is 26.8 Å². The standard InChI is InChI=1S/C20H24N2O5S/c1-4-26-19(25)17-13(3)21-20(28)22-18(17)14-8-6-9-15(11-14)27-16(24)10-5-7-12(2)23/h6,8-9,11,18,23H,2,4-5,7,10H2,1,3H3,(H2,21,22,28). The predicted octanol–water partition coefficient (Wildman–Crippen LogP) is 3.19. The van der Waals surface area contributed by atoms with Gasteiger partial charge < -0.3 is 25.2 Å². The summed E-state index contributed by atoms with van der Waals surface area (Å²) >= 11 is 5.21. The van der Waals surface area contributed by atoms with Crippen molar-refractivity contribution in [2.24, 2.45) is 0 Å². The summed E-state index contributed by atoms with van der Waals surface area (Å²) < 4.78 is 10.5. The van der Waals surface area contributed by atoms with Crippen molar-refractivity contribution in [1.82, 2.24) is 10.6 Å². The zero-order chi connectivity index (χ0) is 20.7. The van der Waals surface area contributed by atoms with Gasteiger partial charge in [0.25, 0.3) is 0 Å². The molecule has 1 atom stereocenters. The molecule has 0 saturated carbocycles. The van der Waals surface area contributed by atoms with Gasteiger partial charge in [0.2, 0.25) is 0 Å². The fourth-order valence-corrected chi connectivity index (χ4v) is 3.07. The first kappa shape index (κ1) is 21.4. The average Bonchev–Trinajstić information content (AvgIpc) is 2.61. The third kappa shape index (κ3) is 5.82. The number of aliphatic hydroxyl groups excluding tert-OH is 1. The molecule has 1 aromatic carbocycles. The van der Waals surface area contributed by atoms with E-state index in [1.807, 2.05) is 6.07 Å². The number of allylic oxidation sites excluding steroid dienone is 2. The SMILES string of the molecule is C=C(O)CCCC(=O)Oc1cccc(C2NC(=S)NC(C)=C2C(=O)OCC)c1. The Bertz CT molecular complexity index is 819. The van der Waals surface area contributed by atoms with Gasteiger partial charge in [0.1, 0.15) is 5.75 Å². The Morgan fingerprint density at radius 2 is 2.07 bits per heavy atom. The molecule has 1 unspecified atom stereocenters. The lowest BCUT2D eigenvalue weighted by atomic mass is 9.95. The summed E-state index contributed by atoms with van der Waals surface area (Å²) in [5.74, 6) is -0.461. The summed E-state index contributed by atoms with van der Waals surface area (Å²) in [4.78, 5) is 24.4. The zero-order valence-electron chi connectivity index (χ0n) is 15.9. The summed E-state index contributed by atoms with van der Waals surface area (Å²) in [6.45, 7) is 7.13. The van der Waals surface area contributed by atoms with E-state index in [1.165, 1.54) is 0 Å². The first-order valence-electron chi connectivity index (χ1n) is 8.94. The summed E-state index contributed by atoms with van der Waals surface area (Å²) in [5, 5.41) is 15.5. The molecule has 0 saturated heterocycles. The summed E-state index contributed by atoms with van der Waals surface area (Å²) in [5.41, 5.74) is 1.74. The van der Waals surface area contributed by atoms with Crippen LogP contribution in [0.2, 0.25) is 0 Å². The van der Waals surface area contributed by atoms with E-state index in [0.717, 1.165) is 0 Å². The van der Waals surface area contributed by atoms with Crippen LogP contribution in [0.25, 0.3) is 0 Å². The Balaban J connectivity index is 2.19. The highest BCUT2D eigenvalue weighted by atomic mass is 32.1. The van der Waals surface area contributed by atoms with Crippen molar-refractivity contribution in [3.8, 4) is 5.75 Å². The van der Waals surface area contributed by atoms with Gasteiger partial charge in [-0.25, -0.2) is 4.79 Å². The molecule has 7 nitrogen and oxygen atoms in total. The first-order valence-corrected chi connectivity index (χ1v) is 9.35. The summed E-state index contributed by atoms with van der Waals surface area (Å²) in [6, 6.07) is 6.36. The molecular formula is C20H24N2O5S. The van der Waals surface area contributed by atoms with Crippen molar-refractivity contribution in [2.75, 3.05) is 6.61 Å². The van der Waals surface area contributed by atoms with Crippen molar-refractivity contribution in [2.45, 2.75) is 39.2 Å². The van der Waals surface area contributed by atoms with Crippen LogP contribution in [0.3, 0.4) is 0 Å². The molecule has 1 aliphatic heterocycles. The van der Waals surface area contributed by atoms with Gasteiger partial charge in [0.05, 0.1) is 24.0 Å². The van der Waals surface area contributed by atoms with Crippen LogP contribution in [0.15, 0.2) is 47.9 Å². The third-order valence-electron chi connectivity index (χ3n) is 4.03. The molecule has 8 heteroatoms. The van der Waals surface area contributed by atoms with E-state index in [-0.39, 0.29) is 18.8 Å². The molecule has 1 aliphatic rings. The molecule has 150 valence electrons. The Hall–Kier alpha value is -2.87. The van der Waals surface area contributed by atoms with Gasteiger partial charge in [-0.05, 0) is 50.2 Å². The van der Waals surface area contributed by atoms with Crippen LogP contribution in [0.4, 0.5) is 0 Å². The van der Waals surface area contributed by atoms with Gasteiger partial charge in [-0.2, -0.15) is 0 Å². The maximum atomic E-state index is 12.4. The smallest absolute Gasteiger partial charge is 0.338 e. The van der Waals surface area contributed by atoms with Gasteiger partial charge in [-0.3, -0.25) is 4.79 Å². The molecule has 0 spiro atoms. The number of carbonyl (C=O) groups excluding carboxylic acids is 2. The molecule has 3 N–H and O–H groups in total. The Kier molecular flexibility index (Phi) is 7.57. The second kappa shape index (κ2) is 9.89. The van der Waals surface area contributed by atoms with Gasteiger partial charge in [0, 0.05) is 18.5 Å². The van der Waals surface area contributed by atoms with Gasteiger partial charge >= 0.3 is 11.9 Å². The number of hydrogen-bond donors (Lipinski definition) is 3. The minimum atomic E-state index is -0.524. The second-order valence-electron chi connectivity index (χ2n) is 6.26. The molecule has 0 bridgehead atoms. The highest BCUT2D eigenvalue weighted by Gasteiger charge is 2.31. The number of rotatable bonds is 8. The Labute approximate surface area is 169 Å². The largest absolute Gasteiger partial charge is 0.513 e. The number of thiocarbonyl (C=S) groups is 1. The van der Waals surface area contributed by atoms with Crippen LogP contribution in [-0.2, 0) is 14.3 Å². The monoisotopic (exact) mass is 404 g/mol. The van der Waals surface area contributed by atoms with E-state index < -0.39 is 18.0 Å². The van der Waals surface area contributed by atoms with Crippen molar-refractivity contribution in [3.63, 3.8) is 0 Å². The fourth-order valence-electron chi connectivity index (χ4n) is 2.80. The average molecular weight is 404 g/mol. The maximum Gasteiger partial charge on any atom is 0.338 e. The summed E-state index contributed by atoms with van der Waals surface area (Å²) in [7, 11) is 0. The molecular weight excluding hydrogens is 380 g/mol. The number of carbonyl (C=O) groups is 2. The summed E-state index contributed by atoms with van der Waals surface area (Å²) in [6.07, 6.45) is 0.956. The van der Waals surface area contributed by atoms with E-state index >= 15 is 0 Å². The van der Waals surface area contributed by atoms with Crippen molar-refractivity contribution in [1.29, 1.82) is 0 Å². The van der Waals surface area contributed by atoms with Crippen molar-refractivity contribution >= 4 is 29.3 Å². The number of esters is 2. The molecule has 0 aliphatic carbocycles. The molecule has 0 aromatic heterocycles. The molecule has 0 radical (unpaired) electrons. The van der Waals surface area contributed by atoms with Crippen molar-refractivity contribution in [3.05, 3.63) is 53.4 Å². The molecule has 2 rings (SSSR count). The molecule has 1 heterocycles. The first-order chi connectivity index (χ1) is 13.3. The third-order valence-corrected chi connectivity index (χ3v) is 4.25. The van der Waals surface area contributed by atoms with Gasteiger partial charge in [0.15, 0.2) is 5.11 Å². The number of ether oxygens (including phenoxy) is 2. The minimum absolute atomic E-state index is 0.0383. The minimum Gasteiger partial charge on any atom is -0.513 e. The van der Waals surface area contributed by atoms with Crippen LogP contribution in [0, 0.1) is 0 Å². The van der Waals surface area contributed by atoms with E-state index in [9.17, 15) is 9.59 Å². The molecule has 1 aromatic rings. The second-order valence-corrected chi connectivity index (χ2v) is 6.67. The highest BCUT2D eigenvalue weighted by molar-refractivity contribution is 7.80.